The van der Waals surface area contributed by atoms with Crippen molar-refractivity contribution in [1.82, 2.24) is 0 Å². The zero-order valence-corrected chi connectivity index (χ0v) is 15.0. The highest BCUT2D eigenvalue weighted by molar-refractivity contribution is 14.1. The molecule has 0 heterocycles. The molecule has 2 aromatic rings. The first kappa shape index (κ1) is 15.6. The summed E-state index contributed by atoms with van der Waals surface area (Å²) in [6.07, 6.45) is -0.196. The molecule has 0 bridgehead atoms. The van der Waals surface area contributed by atoms with Crippen molar-refractivity contribution in [3.8, 4) is 0 Å². The number of hydrogen-bond donors (Lipinski definition) is 1. The van der Waals surface area contributed by atoms with Crippen LogP contribution in [0.3, 0.4) is 0 Å². The Balaban J connectivity index is 2.28. The summed E-state index contributed by atoms with van der Waals surface area (Å²) in [6.45, 7) is 0. The highest BCUT2D eigenvalue weighted by Crippen LogP contribution is 2.32. The Morgan fingerprint density at radius 1 is 1.21 bits per heavy atom. The average molecular weight is 472 g/mol. The molecule has 2 rings (SSSR count). The van der Waals surface area contributed by atoms with Gasteiger partial charge in [-0.2, -0.15) is 0 Å². The highest BCUT2D eigenvalue weighted by Gasteiger charge is 2.15. The fraction of sp³-hybridized carbons (Fsp3) is 0.143. The fourth-order valence-corrected chi connectivity index (χ4v) is 3.22. The fourth-order valence-electron chi connectivity index (χ4n) is 1.79. The molecule has 0 saturated heterocycles. The molecule has 1 N–H and O–H groups in total. The van der Waals surface area contributed by atoms with E-state index >= 15 is 0 Å². The molecular weight excluding hydrogens is 462 g/mol. The summed E-state index contributed by atoms with van der Waals surface area (Å²) >= 11 is 17.8. The van der Waals surface area contributed by atoms with Crippen LogP contribution in [0, 0.1) is 3.57 Å². The first-order valence-corrected chi connectivity index (χ1v) is 8.17. The molecule has 19 heavy (non-hydrogen) atoms. The van der Waals surface area contributed by atoms with E-state index in [1.165, 1.54) is 0 Å². The smallest absolute Gasteiger partial charge is 0.0842 e. The molecule has 0 aliphatic rings. The van der Waals surface area contributed by atoms with Gasteiger partial charge >= 0.3 is 0 Å². The zero-order valence-electron chi connectivity index (χ0n) is 9.71. The maximum Gasteiger partial charge on any atom is 0.0842 e. The van der Waals surface area contributed by atoms with Gasteiger partial charge in [-0.1, -0.05) is 51.3 Å². The van der Waals surface area contributed by atoms with E-state index in [1.54, 1.807) is 6.07 Å². The molecule has 0 saturated carbocycles. The quantitative estimate of drug-likeness (QED) is 0.575. The van der Waals surface area contributed by atoms with E-state index < -0.39 is 6.10 Å². The molecule has 0 aromatic heterocycles. The third-order valence-corrected chi connectivity index (χ3v) is 5.01. The van der Waals surface area contributed by atoms with Crippen LogP contribution in [0.4, 0.5) is 0 Å². The normalized spacial score (nSPS) is 12.5. The van der Waals surface area contributed by atoms with Crippen LogP contribution >= 0.6 is 61.7 Å². The summed E-state index contributed by atoms with van der Waals surface area (Å²) in [5, 5.41) is 11.4. The van der Waals surface area contributed by atoms with E-state index in [2.05, 4.69) is 38.5 Å². The minimum atomic E-state index is -0.625. The van der Waals surface area contributed by atoms with Crippen LogP contribution < -0.4 is 0 Å². The second-order valence-electron chi connectivity index (χ2n) is 4.10. The maximum absolute atomic E-state index is 10.4. The van der Waals surface area contributed by atoms with Gasteiger partial charge in [0, 0.05) is 14.5 Å². The van der Waals surface area contributed by atoms with Crippen LogP contribution in [0.5, 0.6) is 0 Å². The average Bonchev–Trinajstić information content (AvgIpc) is 2.38. The molecule has 5 heteroatoms. The Labute approximate surface area is 144 Å². The van der Waals surface area contributed by atoms with Gasteiger partial charge in [0.25, 0.3) is 0 Å². The van der Waals surface area contributed by atoms with Gasteiger partial charge in [0.05, 0.1) is 16.1 Å². The number of hydrogen-bond acceptors (Lipinski definition) is 1. The Hall–Kier alpha value is 0.190. The van der Waals surface area contributed by atoms with Crippen molar-refractivity contribution >= 4 is 61.7 Å². The van der Waals surface area contributed by atoms with Gasteiger partial charge in [0.15, 0.2) is 0 Å². The summed E-state index contributed by atoms with van der Waals surface area (Å²) in [5.74, 6) is 0. The van der Waals surface area contributed by atoms with E-state index in [0.717, 1.165) is 19.2 Å². The van der Waals surface area contributed by atoms with Crippen molar-refractivity contribution in [1.29, 1.82) is 0 Å². The first-order valence-electron chi connectivity index (χ1n) is 5.55. The van der Waals surface area contributed by atoms with Crippen LogP contribution in [-0.4, -0.2) is 5.11 Å². The van der Waals surface area contributed by atoms with Gasteiger partial charge in [-0.15, -0.1) is 0 Å². The van der Waals surface area contributed by atoms with Crippen LogP contribution in [0.15, 0.2) is 40.9 Å². The van der Waals surface area contributed by atoms with Crippen LogP contribution in [0.25, 0.3) is 0 Å². The second-order valence-corrected chi connectivity index (χ2v) is 6.98. The highest BCUT2D eigenvalue weighted by atomic mass is 127. The molecular formula is C14H10BrCl2IO. The topological polar surface area (TPSA) is 20.2 Å². The molecule has 0 aliphatic carbocycles. The van der Waals surface area contributed by atoms with Crippen molar-refractivity contribution in [2.75, 3.05) is 0 Å². The molecule has 100 valence electrons. The SMILES string of the molecule is OC(Cc1cccc(Cl)c1Cl)c1cc(I)ccc1Br. The lowest BCUT2D eigenvalue weighted by molar-refractivity contribution is 0.177. The van der Waals surface area contributed by atoms with E-state index in [9.17, 15) is 5.11 Å². The molecule has 0 aliphatic heterocycles. The van der Waals surface area contributed by atoms with Crippen molar-refractivity contribution in [2.45, 2.75) is 12.5 Å². The van der Waals surface area contributed by atoms with Gasteiger partial charge in [-0.05, 0) is 58.0 Å². The Kier molecular flexibility index (Phi) is 5.55. The predicted octanol–water partition coefficient (Wildman–Crippen LogP) is 5.64. The number of aliphatic hydroxyl groups excluding tert-OH is 1. The number of aliphatic hydroxyl groups is 1. The van der Waals surface area contributed by atoms with Crippen LogP contribution in [0.1, 0.15) is 17.2 Å². The summed E-state index contributed by atoms with van der Waals surface area (Å²) < 4.78 is 1.96. The molecule has 1 atom stereocenters. The second kappa shape index (κ2) is 6.76. The number of benzene rings is 2. The van der Waals surface area contributed by atoms with Gasteiger partial charge in [-0.3, -0.25) is 0 Å². The molecule has 0 spiro atoms. The molecule has 0 radical (unpaired) electrons. The summed E-state index contributed by atoms with van der Waals surface area (Å²) in [7, 11) is 0. The molecule has 0 amide bonds. The number of halogens is 4. The summed E-state index contributed by atoms with van der Waals surface area (Å²) in [4.78, 5) is 0. The monoisotopic (exact) mass is 470 g/mol. The lowest BCUT2D eigenvalue weighted by Crippen LogP contribution is -2.04. The van der Waals surface area contributed by atoms with Crippen molar-refractivity contribution < 1.29 is 5.11 Å². The van der Waals surface area contributed by atoms with Gasteiger partial charge in [0.1, 0.15) is 0 Å². The maximum atomic E-state index is 10.4. The first-order chi connectivity index (χ1) is 8.99. The molecule has 1 unspecified atom stereocenters. The minimum absolute atomic E-state index is 0.429. The molecule has 0 fully saturated rings. The van der Waals surface area contributed by atoms with Crippen molar-refractivity contribution in [2.24, 2.45) is 0 Å². The number of rotatable bonds is 3. The lowest BCUT2D eigenvalue weighted by Gasteiger charge is -2.14. The Bertz CT molecular complexity index is 604. The van der Waals surface area contributed by atoms with Gasteiger partial charge in [0.2, 0.25) is 0 Å². The minimum Gasteiger partial charge on any atom is -0.388 e. The third kappa shape index (κ3) is 3.85. The van der Waals surface area contributed by atoms with E-state index in [0.29, 0.717) is 16.5 Å². The predicted molar refractivity (Wildman–Crippen MR) is 92.0 cm³/mol. The molecule has 1 nitrogen and oxygen atoms in total. The van der Waals surface area contributed by atoms with Gasteiger partial charge < -0.3 is 5.11 Å². The van der Waals surface area contributed by atoms with Gasteiger partial charge in [-0.25, -0.2) is 0 Å². The van der Waals surface area contributed by atoms with Crippen LogP contribution in [0.2, 0.25) is 10.0 Å². The largest absolute Gasteiger partial charge is 0.388 e. The van der Waals surface area contributed by atoms with Crippen molar-refractivity contribution in [3.05, 3.63) is 65.6 Å². The molecule has 2 aromatic carbocycles. The Morgan fingerprint density at radius 2 is 1.95 bits per heavy atom. The van der Waals surface area contributed by atoms with E-state index in [4.69, 9.17) is 23.2 Å². The Morgan fingerprint density at radius 3 is 2.68 bits per heavy atom. The van der Waals surface area contributed by atoms with Crippen molar-refractivity contribution in [3.63, 3.8) is 0 Å². The summed E-state index contributed by atoms with van der Waals surface area (Å²) in [6, 6.07) is 11.3. The van der Waals surface area contributed by atoms with Crippen LogP contribution in [-0.2, 0) is 6.42 Å². The summed E-state index contributed by atoms with van der Waals surface area (Å²) in [5.41, 5.74) is 1.69. The van der Waals surface area contributed by atoms with E-state index in [-0.39, 0.29) is 0 Å². The lowest BCUT2D eigenvalue weighted by atomic mass is 10.0. The third-order valence-electron chi connectivity index (χ3n) is 2.76. The standard InChI is InChI=1S/C14H10BrCl2IO/c15-11-5-4-9(18)7-10(11)13(19)6-8-2-1-3-12(16)14(8)17/h1-5,7,13,19H,6H2. The van der Waals surface area contributed by atoms with E-state index in [1.807, 2.05) is 30.3 Å². The zero-order chi connectivity index (χ0) is 14.0.